The molecule has 0 aliphatic heterocycles. The predicted octanol–water partition coefficient (Wildman–Crippen LogP) is 3.27. The van der Waals surface area contributed by atoms with Gasteiger partial charge in [0.15, 0.2) is 0 Å². The van der Waals surface area contributed by atoms with E-state index in [1.165, 1.54) is 6.08 Å². The summed E-state index contributed by atoms with van der Waals surface area (Å²) in [7, 11) is 0. The Labute approximate surface area is 124 Å². The van der Waals surface area contributed by atoms with E-state index in [0.717, 1.165) is 16.8 Å². The quantitative estimate of drug-likeness (QED) is 0.582. The molecule has 0 unspecified atom stereocenters. The number of hydrogen-bond donors (Lipinski definition) is 3. The van der Waals surface area contributed by atoms with Crippen molar-refractivity contribution >= 4 is 30.5 Å². The topological polar surface area (TPSA) is 41.1 Å². The molecule has 0 radical (unpaired) electrons. The lowest BCUT2D eigenvalue weighted by molar-refractivity contribution is -0.116. The van der Waals surface area contributed by atoms with Crippen molar-refractivity contribution in [3.63, 3.8) is 0 Å². The minimum Gasteiger partial charge on any atom is -0.348 e. The van der Waals surface area contributed by atoms with Crippen LogP contribution in [0.2, 0.25) is 0 Å². The largest absolute Gasteiger partial charge is 0.348 e. The van der Waals surface area contributed by atoms with Crippen LogP contribution in [0.3, 0.4) is 0 Å². The number of nitrogens with one attached hydrogen (secondary N) is 2. The number of thiol groups is 1. The third-order valence-electron chi connectivity index (χ3n) is 2.78. The second-order valence-electron chi connectivity index (χ2n) is 4.27. The second kappa shape index (κ2) is 7.40. The molecule has 2 aromatic carbocycles. The Morgan fingerprint density at radius 3 is 2.40 bits per heavy atom. The number of carbonyl (C=O) groups excluding carboxylic acids is 1. The highest BCUT2D eigenvalue weighted by molar-refractivity contribution is 7.81. The molecule has 0 saturated heterocycles. The highest BCUT2D eigenvalue weighted by Crippen LogP contribution is 2.11. The van der Waals surface area contributed by atoms with E-state index in [1.807, 2.05) is 54.6 Å². The first-order valence-electron chi connectivity index (χ1n) is 6.28. The van der Waals surface area contributed by atoms with Gasteiger partial charge >= 0.3 is 0 Å². The number of benzene rings is 2. The first kappa shape index (κ1) is 14.2. The van der Waals surface area contributed by atoms with Crippen LogP contribution in [0.1, 0.15) is 11.1 Å². The van der Waals surface area contributed by atoms with Crippen LogP contribution in [0.5, 0.6) is 0 Å². The van der Waals surface area contributed by atoms with Gasteiger partial charge in [0.1, 0.15) is 0 Å². The molecule has 102 valence electrons. The Hall–Kier alpha value is -2.20. The van der Waals surface area contributed by atoms with Gasteiger partial charge in [0.05, 0.1) is 0 Å². The van der Waals surface area contributed by atoms with Crippen molar-refractivity contribution in [3.8, 4) is 0 Å². The Bertz CT molecular complexity index is 579. The second-order valence-corrected chi connectivity index (χ2v) is 4.49. The molecule has 2 N–H and O–H groups in total. The minimum absolute atomic E-state index is 0.106. The molecule has 3 nitrogen and oxygen atoms in total. The smallest absolute Gasteiger partial charge is 0.244 e. The fourth-order valence-corrected chi connectivity index (χ4v) is 1.83. The molecule has 2 rings (SSSR count). The lowest BCUT2D eigenvalue weighted by Crippen LogP contribution is -2.20. The molecule has 0 fully saturated rings. The standard InChI is InChI=1S/C16H16N2OS/c19-16(17-12-14-4-2-1-3-5-14)11-8-13-6-9-15(18-20)10-7-13/h1-11,18,20H,12H2,(H,17,19)/b11-8+. The lowest BCUT2D eigenvalue weighted by atomic mass is 10.2. The Balaban J connectivity index is 1.85. The summed E-state index contributed by atoms with van der Waals surface area (Å²) >= 11 is 3.96. The van der Waals surface area contributed by atoms with Gasteiger partial charge < -0.3 is 10.0 Å². The molecule has 0 aliphatic rings. The fraction of sp³-hybridized carbons (Fsp3) is 0.0625. The molecule has 0 heterocycles. The normalized spacial score (nSPS) is 10.4. The van der Waals surface area contributed by atoms with Crippen LogP contribution in [0.4, 0.5) is 5.69 Å². The van der Waals surface area contributed by atoms with E-state index in [0.29, 0.717) is 6.54 Å². The van der Waals surface area contributed by atoms with Crippen LogP contribution < -0.4 is 10.0 Å². The average molecular weight is 284 g/mol. The summed E-state index contributed by atoms with van der Waals surface area (Å²) in [6.07, 6.45) is 3.31. The van der Waals surface area contributed by atoms with Gasteiger partial charge in [-0.25, -0.2) is 0 Å². The number of rotatable bonds is 5. The lowest BCUT2D eigenvalue weighted by Gasteiger charge is -2.02. The van der Waals surface area contributed by atoms with Gasteiger partial charge in [-0.2, -0.15) is 0 Å². The Morgan fingerprint density at radius 1 is 1.05 bits per heavy atom. The van der Waals surface area contributed by atoms with Gasteiger partial charge in [0.2, 0.25) is 5.91 Å². The van der Waals surface area contributed by atoms with Crippen LogP contribution in [0.25, 0.3) is 6.08 Å². The van der Waals surface area contributed by atoms with Crippen LogP contribution in [0, 0.1) is 0 Å². The van der Waals surface area contributed by atoms with E-state index < -0.39 is 0 Å². The number of hydrogen-bond acceptors (Lipinski definition) is 3. The fourth-order valence-electron chi connectivity index (χ4n) is 1.68. The molecule has 0 aromatic heterocycles. The molecule has 2 aromatic rings. The highest BCUT2D eigenvalue weighted by Gasteiger charge is 1.96. The van der Waals surface area contributed by atoms with E-state index in [-0.39, 0.29) is 5.91 Å². The zero-order chi connectivity index (χ0) is 14.2. The molecular formula is C16H16N2OS. The van der Waals surface area contributed by atoms with Gasteiger partial charge in [-0.3, -0.25) is 4.79 Å². The minimum atomic E-state index is -0.106. The van der Waals surface area contributed by atoms with E-state index >= 15 is 0 Å². The van der Waals surface area contributed by atoms with E-state index in [2.05, 4.69) is 22.9 Å². The number of amides is 1. The molecule has 0 atom stereocenters. The van der Waals surface area contributed by atoms with Crippen molar-refractivity contribution in [3.05, 3.63) is 71.8 Å². The summed E-state index contributed by atoms with van der Waals surface area (Å²) < 4.78 is 2.75. The van der Waals surface area contributed by atoms with Crippen molar-refractivity contribution < 1.29 is 4.79 Å². The molecule has 0 bridgehead atoms. The van der Waals surface area contributed by atoms with Crippen molar-refractivity contribution in [2.45, 2.75) is 6.54 Å². The molecule has 0 aliphatic carbocycles. The first-order valence-corrected chi connectivity index (χ1v) is 6.72. The van der Waals surface area contributed by atoms with Crippen molar-refractivity contribution in [1.29, 1.82) is 0 Å². The van der Waals surface area contributed by atoms with Gasteiger partial charge in [0, 0.05) is 18.3 Å². The third-order valence-corrected chi connectivity index (χ3v) is 3.03. The predicted molar refractivity (Wildman–Crippen MR) is 86.4 cm³/mol. The first-order chi connectivity index (χ1) is 9.78. The number of anilines is 1. The maximum absolute atomic E-state index is 11.7. The van der Waals surface area contributed by atoms with Crippen LogP contribution >= 0.6 is 12.8 Å². The van der Waals surface area contributed by atoms with Crippen molar-refractivity contribution in [2.75, 3.05) is 4.72 Å². The summed E-state index contributed by atoms with van der Waals surface area (Å²) in [5.41, 5.74) is 2.96. The summed E-state index contributed by atoms with van der Waals surface area (Å²) in [5, 5.41) is 2.84. The maximum atomic E-state index is 11.7. The summed E-state index contributed by atoms with van der Waals surface area (Å²) in [6, 6.07) is 17.4. The zero-order valence-corrected chi connectivity index (χ0v) is 11.8. The van der Waals surface area contributed by atoms with Crippen LogP contribution in [-0.2, 0) is 11.3 Å². The third kappa shape index (κ3) is 4.48. The van der Waals surface area contributed by atoms with Crippen LogP contribution in [0.15, 0.2) is 60.7 Å². The van der Waals surface area contributed by atoms with Crippen molar-refractivity contribution in [2.24, 2.45) is 0 Å². The molecular weight excluding hydrogens is 268 g/mol. The SMILES string of the molecule is O=C(/C=C/c1ccc(NS)cc1)NCc1ccccc1. The monoisotopic (exact) mass is 284 g/mol. The average Bonchev–Trinajstić information content (AvgIpc) is 2.52. The van der Waals surface area contributed by atoms with E-state index in [1.54, 1.807) is 6.08 Å². The zero-order valence-electron chi connectivity index (χ0n) is 10.9. The molecule has 20 heavy (non-hydrogen) atoms. The molecule has 0 spiro atoms. The van der Waals surface area contributed by atoms with Gasteiger partial charge in [-0.05, 0) is 29.3 Å². The molecule has 4 heteroatoms. The van der Waals surface area contributed by atoms with Crippen molar-refractivity contribution in [1.82, 2.24) is 5.32 Å². The Morgan fingerprint density at radius 2 is 1.75 bits per heavy atom. The molecule has 0 saturated carbocycles. The number of carbonyl (C=O) groups is 1. The van der Waals surface area contributed by atoms with Gasteiger partial charge in [-0.15, -0.1) is 0 Å². The maximum Gasteiger partial charge on any atom is 0.244 e. The van der Waals surface area contributed by atoms with Crippen LogP contribution in [-0.4, -0.2) is 5.91 Å². The van der Waals surface area contributed by atoms with Gasteiger partial charge in [-0.1, -0.05) is 55.3 Å². The summed E-state index contributed by atoms with van der Waals surface area (Å²) in [5.74, 6) is -0.106. The Kier molecular flexibility index (Phi) is 5.26. The highest BCUT2D eigenvalue weighted by atomic mass is 32.1. The van der Waals surface area contributed by atoms with Gasteiger partial charge in [0.25, 0.3) is 0 Å². The van der Waals surface area contributed by atoms with E-state index in [4.69, 9.17) is 0 Å². The summed E-state index contributed by atoms with van der Waals surface area (Å²) in [4.78, 5) is 11.7. The molecule has 1 amide bonds. The van der Waals surface area contributed by atoms with E-state index in [9.17, 15) is 4.79 Å². The summed E-state index contributed by atoms with van der Waals surface area (Å²) in [6.45, 7) is 0.534.